The number of hydrogen-bond acceptors (Lipinski definition) is 6. The molecule has 2 heterocycles. The monoisotopic (exact) mass is 435 g/mol. The lowest BCUT2D eigenvalue weighted by atomic mass is 10.1. The Hall–Kier alpha value is -3.65. The van der Waals surface area contributed by atoms with Gasteiger partial charge < -0.3 is 14.8 Å². The van der Waals surface area contributed by atoms with Crippen molar-refractivity contribution in [2.75, 3.05) is 12.4 Å². The molecule has 4 aromatic rings. The molecule has 0 radical (unpaired) electrons. The quantitative estimate of drug-likeness (QED) is 0.491. The third kappa shape index (κ3) is 4.59. The van der Waals surface area contributed by atoms with Crippen molar-refractivity contribution in [1.82, 2.24) is 9.38 Å². The lowest BCUT2D eigenvalue weighted by Gasteiger charge is -2.12. The number of carbonyl (C=O) groups is 1. The fourth-order valence-electron chi connectivity index (χ4n) is 3.06. The van der Waals surface area contributed by atoms with Crippen molar-refractivity contribution in [2.24, 2.45) is 0 Å². The van der Waals surface area contributed by atoms with Crippen molar-refractivity contribution in [3.8, 4) is 11.5 Å². The van der Waals surface area contributed by atoms with E-state index in [0.29, 0.717) is 33.4 Å². The summed E-state index contributed by atoms with van der Waals surface area (Å²) in [7, 11) is 1.58. The summed E-state index contributed by atoms with van der Waals surface area (Å²) in [5, 5.41) is 2.87. The molecule has 4 rings (SSSR count). The van der Waals surface area contributed by atoms with Crippen LogP contribution in [0.15, 0.2) is 59.5 Å². The van der Waals surface area contributed by atoms with Crippen LogP contribution < -0.4 is 20.3 Å². The van der Waals surface area contributed by atoms with Crippen LogP contribution in [-0.2, 0) is 6.61 Å². The van der Waals surface area contributed by atoms with Gasteiger partial charge in [-0.3, -0.25) is 14.0 Å². The van der Waals surface area contributed by atoms with Crippen molar-refractivity contribution in [3.05, 3.63) is 86.8 Å². The second-order valence-electron chi connectivity index (χ2n) is 7.03. The molecule has 0 aliphatic heterocycles. The molecule has 7 nitrogen and oxygen atoms in total. The van der Waals surface area contributed by atoms with Crippen LogP contribution in [0, 0.1) is 13.8 Å². The summed E-state index contributed by atoms with van der Waals surface area (Å²) in [5.41, 5.74) is 2.46. The van der Waals surface area contributed by atoms with E-state index in [0.717, 1.165) is 10.4 Å². The highest BCUT2D eigenvalue weighted by atomic mass is 32.1. The summed E-state index contributed by atoms with van der Waals surface area (Å²) < 4.78 is 12.6. The van der Waals surface area contributed by atoms with Crippen molar-refractivity contribution in [3.63, 3.8) is 0 Å². The maximum atomic E-state index is 12.5. The van der Waals surface area contributed by atoms with E-state index in [9.17, 15) is 9.59 Å². The molecule has 1 amide bonds. The summed E-state index contributed by atoms with van der Waals surface area (Å²) in [6.45, 7) is 4.00. The van der Waals surface area contributed by atoms with Crippen LogP contribution in [0.25, 0.3) is 4.96 Å². The van der Waals surface area contributed by atoms with Gasteiger partial charge in [0.2, 0.25) is 0 Å². The minimum Gasteiger partial charge on any atom is -0.497 e. The number of nitrogens with zero attached hydrogens (tertiary/aromatic N) is 2. The van der Waals surface area contributed by atoms with Crippen LogP contribution in [0.3, 0.4) is 0 Å². The summed E-state index contributed by atoms with van der Waals surface area (Å²) in [4.78, 5) is 30.9. The number of aryl methyl sites for hydroxylation is 2. The van der Waals surface area contributed by atoms with Gasteiger partial charge in [-0.1, -0.05) is 6.07 Å². The van der Waals surface area contributed by atoms with Gasteiger partial charge in [0.25, 0.3) is 11.5 Å². The molecule has 1 N–H and O–H groups in total. The first-order chi connectivity index (χ1) is 14.9. The molecule has 0 saturated heterocycles. The molecule has 0 unspecified atom stereocenters. The van der Waals surface area contributed by atoms with Crippen molar-refractivity contribution < 1.29 is 14.3 Å². The number of methoxy groups -OCH3 is 1. The zero-order chi connectivity index (χ0) is 22.0. The maximum absolute atomic E-state index is 12.5. The number of thiazole rings is 1. The maximum Gasteiger partial charge on any atom is 0.258 e. The predicted molar refractivity (Wildman–Crippen MR) is 121 cm³/mol. The van der Waals surface area contributed by atoms with Crippen molar-refractivity contribution in [2.45, 2.75) is 20.5 Å². The first-order valence-electron chi connectivity index (χ1n) is 9.60. The van der Waals surface area contributed by atoms with Gasteiger partial charge in [0.05, 0.1) is 12.8 Å². The van der Waals surface area contributed by atoms with E-state index in [4.69, 9.17) is 9.47 Å². The fraction of sp³-hybridized carbons (Fsp3) is 0.174. The van der Waals surface area contributed by atoms with Crippen LogP contribution in [0.1, 0.15) is 26.5 Å². The van der Waals surface area contributed by atoms with Gasteiger partial charge >= 0.3 is 0 Å². The van der Waals surface area contributed by atoms with Crippen molar-refractivity contribution >= 4 is 27.9 Å². The third-order valence-electron chi connectivity index (χ3n) is 4.71. The normalized spacial score (nSPS) is 10.8. The molecule has 2 aromatic heterocycles. The summed E-state index contributed by atoms with van der Waals surface area (Å²) in [6.07, 6.45) is 1.78. The number of fused-ring (bicyclic) bond motifs is 1. The Morgan fingerprint density at radius 3 is 2.65 bits per heavy atom. The van der Waals surface area contributed by atoms with E-state index in [1.165, 1.54) is 21.8 Å². The molecule has 0 spiro atoms. The highest BCUT2D eigenvalue weighted by Crippen LogP contribution is 2.24. The average molecular weight is 436 g/mol. The van der Waals surface area contributed by atoms with Crippen LogP contribution in [-0.4, -0.2) is 22.4 Å². The molecule has 158 valence electrons. The smallest absolute Gasteiger partial charge is 0.258 e. The number of carbonyl (C=O) groups excluding carboxylic acids is 1. The summed E-state index contributed by atoms with van der Waals surface area (Å²) >= 11 is 1.46. The number of benzene rings is 2. The summed E-state index contributed by atoms with van der Waals surface area (Å²) in [5.74, 6) is 1.06. The number of ether oxygens (including phenoxy) is 2. The van der Waals surface area contributed by atoms with Crippen LogP contribution in [0.2, 0.25) is 0 Å². The Balaban J connectivity index is 1.48. The van der Waals surface area contributed by atoms with E-state index in [2.05, 4.69) is 10.3 Å². The molecular weight excluding hydrogens is 414 g/mol. The average Bonchev–Trinajstić information content (AvgIpc) is 3.15. The van der Waals surface area contributed by atoms with E-state index >= 15 is 0 Å². The fourth-order valence-corrected chi connectivity index (χ4v) is 3.91. The predicted octanol–water partition coefficient (Wildman–Crippen LogP) is 4.21. The van der Waals surface area contributed by atoms with Gasteiger partial charge in [-0.25, -0.2) is 4.98 Å². The lowest BCUT2D eigenvalue weighted by molar-refractivity contribution is 0.102. The number of hydrogen-bond donors (Lipinski definition) is 1. The highest BCUT2D eigenvalue weighted by molar-refractivity contribution is 7.16. The Labute approximate surface area is 182 Å². The van der Waals surface area contributed by atoms with Gasteiger partial charge in [-0.2, -0.15) is 0 Å². The Morgan fingerprint density at radius 2 is 1.90 bits per heavy atom. The first-order valence-corrected chi connectivity index (χ1v) is 10.4. The zero-order valence-electron chi connectivity index (χ0n) is 17.3. The van der Waals surface area contributed by atoms with Gasteiger partial charge in [-0.05, 0) is 49.7 Å². The van der Waals surface area contributed by atoms with E-state index < -0.39 is 0 Å². The largest absolute Gasteiger partial charge is 0.497 e. The molecule has 0 bridgehead atoms. The molecular formula is C23H21N3O4S. The van der Waals surface area contributed by atoms with Crippen LogP contribution >= 0.6 is 11.3 Å². The van der Waals surface area contributed by atoms with Gasteiger partial charge in [0.1, 0.15) is 18.1 Å². The SMILES string of the molecule is COc1ccc(C(=O)Nc2ccc(C)c(OCc3cc(=O)n4cc(C)sc4n3)c2)cc1. The van der Waals surface area contributed by atoms with Crippen molar-refractivity contribution in [1.29, 1.82) is 0 Å². The van der Waals surface area contributed by atoms with E-state index in [1.54, 1.807) is 43.6 Å². The van der Waals surface area contributed by atoms with Gasteiger partial charge in [0, 0.05) is 34.5 Å². The molecule has 2 aromatic carbocycles. The summed E-state index contributed by atoms with van der Waals surface area (Å²) in [6, 6.07) is 13.8. The topological polar surface area (TPSA) is 81.9 Å². The van der Waals surface area contributed by atoms with Crippen LogP contribution in [0.5, 0.6) is 11.5 Å². The molecule has 0 saturated carbocycles. The minimum absolute atomic E-state index is 0.134. The standard InChI is InChI=1S/C23H21N3O4S/c1-14-4-7-17(24-22(28)16-5-8-19(29-3)9-6-16)10-20(14)30-13-18-11-21(27)26-12-15(2)31-23(26)25-18/h4-12H,13H2,1-3H3,(H,24,28). The second-order valence-corrected chi connectivity index (χ2v) is 8.24. The van der Waals surface area contributed by atoms with Crippen LogP contribution in [0.4, 0.5) is 5.69 Å². The molecule has 0 atom stereocenters. The molecule has 0 aliphatic carbocycles. The number of anilines is 1. The Morgan fingerprint density at radius 1 is 1.13 bits per heavy atom. The van der Waals surface area contributed by atoms with E-state index in [1.807, 2.05) is 26.0 Å². The molecule has 0 aliphatic rings. The number of rotatable bonds is 6. The second kappa shape index (κ2) is 8.61. The zero-order valence-corrected chi connectivity index (χ0v) is 18.2. The van der Waals surface area contributed by atoms with Gasteiger partial charge in [-0.15, -0.1) is 11.3 Å². The minimum atomic E-state index is -0.231. The Bertz CT molecular complexity index is 1310. The van der Waals surface area contributed by atoms with E-state index in [-0.39, 0.29) is 18.1 Å². The lowest BCUT2D eigenvalue weighted by Crippen LogP contribution is -2.14. The highest BCUT2D eigenvalue weighted by Gasteiger charge is 2.10. The number of amides is 1. The molecule has 31 heavy (non-hydrogen) atoms. The first kappa shape index (κ1) is 20.6. The Kier molecular flexibility index (Phi) is 5.73. The number of nitrogens with one attached hydrogen (secondary N) is 1. The third-order valence-corrected chi connectivity index (χ3v) is 5.61. The molecule has 0 fully saturated rings. The molecule has 8 heteroatoms. The van der Waals surface area contributed by atoms with Gasteiger partial charge in [0.15, 0.2) is 4.96 Å². The number of aromatic nitrogens is 2.